The van der Waals surface area contributed by atoms with E-state index in [9.17, 15) is 27.2 Å². The summed E-state index contributed by atoms with van der Waals surface area (Å²) in [5.41, 5.74) is 1.84. The quantitative estimate of drug-likeness (QED) is 0.146. The Hall–Kier alpha value is -4.94. The third-order valence-corrected chi connectivity index (χ3v) is 7.02. The molecule has 4 aromatic carbocycles. The number of rotatable bonds is 6. The molecule has 0 saturated heterocycles. The molecule has 0 bridgehead atoms. The lowest BCUT2D eigenvalue weighted by Crippen LogP contribution is -2.09. The van der Waals surface area contributed by atoms with E-state index >= 15 is 0 Å². The average molecular weight is 643 g/mol. The van der Waals surface area contributed by atoms with Gasteiger partial charge >= 0.3 is 0 Å². The molecule has 0 atom stereocenters. The summed E-state index contributed by atoms with van der Waals surface area (Å²) in [6.45, 7) is 0.594. The van der Waals surface area contributed by atoms with Crippen LogP contribution >= 0.6 is 23.2 Å². The molecule has 14 heteroatoms. The third-order valence-electron chi connectivity index (χ3n) is 6.45. The molecule has 0 unspecified atom stereocenters. The standard InChI is InChI=1S/2C15H10ClF2N3O/c16-14-11-6-9(2-3-10(11)15(22)21-20-14)19-7-8-1-4-12(17)13(18)5-8;16-14-10-3-2-9(6-11(10)15(22)21-20-14)19-7-8-1-4-12(17)13(18)5-8/h2*1-6,19H,7H2,(H,21,22). The highest BCUT2D eigenvalue weighted by Gasteiger charge is 2.08. The summed E-state index contributed by atoms with van der Waals surface area (Å²) < 4.78 is 52.0. The number of fused-ring (bicyclic) bond motifs is 2. The number of nitrogens with zero attached hydrogens (tertiary/aromatic N) is 2. The Labute approximate surface area is 255 Å². The normalized spacial score (nSPS) is 10.9. The van der Waals surface area contributed by atoms with Crippen LogP contribution in [-0.4, -0.2) is 20.4 Å². The van der Waals surface area contributed by atoms with Crippen LogP contribution in [0.3, 0.4) is 0 Å². The molecule has 0 radical (unpaired) electrons. The van der Waals surface area contributed by atoms with E-state index in [1.165, 1.54) is 12.1 Å². The summed E-state index contributed by atoms with van der Waals surface area (Å²) in [4.78, 5) is 23.4. The van der Waals surface area contributed by atoms with E-state index in [1.807, 2.05) is 0 Å². The van der Waals surface area contributed by atoms with E-state index in [4.69, 9.17) is 23.2 Å². The van der Waals surface area contributed by atoms with Crippen molar-refractivity contribution in [1.29, 1.82) is 0 Å². The Balaban J connectivity index is 0.000000175. The van der Waals surface area contributed by atoms with Gasteiger partial charge in [0.25, 0.3) is 11.1 Å². The summed E-state index contributed by atoms with van der Waals surface area (Å²) in [7, 11) is 0. The van der Waals surface area contributed by atoms with Crippen LogP contribution < -0.4 is 21.8 Å². The van der Waals surface area contributed by atoms with Gasteiger partial charge in [0.1, 0.15) is 0 Å². The van der Waals surface area contributed by atoms with Crippen LogP contribution in [0, 0.1) is 23.3 Å². The Kier molecular flexibility index (Phi) is 9.12. The highest BCUT2D eigenvalue weighted by atomic mass is 35.5. The SMILES string of the molecule is O=c1[nH]nc(Cl)c2cc(NCc3ccc(F)c(F)c3)ccc12.O=c1[nH]nc(Cl)c2ccc(NCc3ccc(F)c(F)c3)cc12. The van der Waals surface area contributed by atoms with E-state index in [1.54, 1.807) is 36.4 Å². The van der Waals surface area contributed by atoms with Crippen LogP contribution in [0.25, 0.3) is 21.5 Å². The van der Waals surface area contributed by atoms with Crippen molar-refractivity contribution in [1.82, 2.24) is 20.4 Å². The maximum absolute atomic E-state index is 13.1. The first kappa shape index (κ1) is 30.5. The van der Waals surface area contributed by atoms with Gasteiger partial charge in [-0.25, -0.2) is 27.8 Å². The van der Waals surface area contributed by atoms with Crippen molar-refractivity contribution in [3.63, 3.8) is 0 Å². The molecule has 0 saturated carbocycles. The number of halogens is 6. The summed E-state index contributed by atoms with van der Waals surface area (Å²) in [5.74, 6) is -3.56. The van der Waals surface area contributed by atoms with Gasteiger partial charge in [0.05, 0.1) is 10.8 Å². The molecular formula is C30H20Cl2F4N6O2. The topological polar surface area (TPSA) is 116 Å². The van der Waals surface area contributed by atoms with Gasteiger partial charge in [-0.3, -0.25) is 9.59 Å². The summed E-state index contributed by atoms with van der Waals surface area (Å²) in [6, 6.07) is 17.4. The molecule has 0 aliphatic carbocycles. The lowest BCUT2D eigenvalue weighted by atomic mass is 10.1. The minimum Gasteiger partial charge on any atom is -0.381 e. The maximum Gasteiger partial charge on any atom is 0.272 e. The smallest absolute Gasteiger partial charge is 0.272 e. The van der Waals surface area contributed by atoms with E-state index in [-0.39, 0.29) is 21.4 Å². The van der Waals surface area contributed by atoms with Crippen LogP contribution in [0.15, 0.2) is 82.4 Å². The number of anilines is 2. The first-order valence-electron chi connectivity index (χ1n) is 12.8. The zero-order valence-electron chi connectivity index (χ0n) is 22.3. The van der Waals surface area contributed by atoms with Crippen molar-refractivity contribution in [2.45, 2.75) is 13.1 Å². The van der Waals surface area contributed by atoms with Crippen molar-refractivity contribution in [3.05, 3.63) is 138 Å². The highest BCUT2D eigenvalue weighted by molar-refractivity contribution is 6.34. The largest absolute Gasteiger partial charge is 0.381 e. The molecule has 0 aliphatic heterocycles. The summed E-state index contributed by atoms with van der Waals surface area (Å²) in [6.07, 6.45) is 0. The second-order valence-corrected chi connectivity index (χ2v) is 10.1. The monoisotopic (exact) mass is 642 g/mol. The molecule has 44 heavy (non-hydrogen) atoms. The fourth-order valence-electron chi connectivity index (χ4n) is 4.19. The van der Waals surface area contributed by atoms with E-state index in [0.717, 1.165) is 24.3 Å². The van der Waals surface area contributed by atoms with Crippen LogP contribution in [0.5, 0.6) is 0 Å². The number of H-pyrrole nitrogens is 2. The van der Waals surface area contributed by atoms with Crippen molar-refractivity contribution in [3.8, 4) is 0 Å². The van der Waals surface area contributed by atoms with Gasteiger partial charge < -0.3 is 10.6 Å². The van der Waals surface area contributed by atoms with Crippen molar-refractivity contribution in [2.24, 2.45) is 0 Å². The number of hydrogen-bond donors (Lipinski definition) is 4. The molecule has 0 aliphatic rings. The fourth-order valence-corrected chi connectivity index (χ4v) is 4.60. The molecule has 2 heterocycles. The van der Waals surface area contributed by atoms with Crippen molar-refractivity contribution in [2.75, 3.05) is 10.6 Å². The van der Waals surface area contributed by atoms with Gasteiger partial charge in [0, 0.05) is 35.2 Å². The van der Waals surface area contributed by atoms with E-state index in [2.05, 4.69) is 31.0 Å². The van der Waals surface area contributed by atoms with Crippen molar-refractivity contribution < 1.29 is 17.6 Å². The Bertz CT molecular complexity index is 2120. The maximum atomic E-state index is 13.1. The minimum atomic E-state index is -0.896. The molecule has 2 aromatic heterocycles. The lowest BCUT2D eigenvalue weighted by Gasteiger charge is -2.08. The number of nitrogens with one attached hydrogen (secondary N) is 4. The van der Waals surface area contributed by atoms with Crippen LogP contribution in [0.2, 0.25) is 10.3 Å². The van der Waals surface area contributed by atoms with Gasteiger partial charge in [-0.05, 0) is 71.8 Å². The summed E-state index contributed by atoms with van der Waals surface area (Å²) >= 11 is 11.9. The first-order chi connectivity index (χ1) is 21.1. The molecule has 224 valence electrons. The van der Waals surface area contributed by atoms with Gasteiger partial charge in [0.15, 0.2) is 33.6 Å². The molecule has 6 aromatic rings. The lowest BCUT2D eigenvalue weighted by molar-refractivity contribution is 0.507. The second kappa shape index (κ2) is 13.1. The molecule has 0 spiro atoms. The highest BCUT2D eigenvalue weighted by Crippen LogP contribution is 2.23. The van der Waals surface area contributed by atoms with Gasteiger partial charge in [0.2, 0.25) is 0 Å². The number of aromatic amines is 2. The van der Waals surface area contributed by atoms with E-state index < -0.39 is 23.3 Å². The van der Waals surface area contributed by atoms with Gasteiger partial charge in [-0.1, -0.05) is 35.3 Å². The first-order valence-corrected chi connectivity index (χ1v) is 13.6. The number of aromatic nitrogens is 4. The fraction of sp³-hybridized carbons (Fsp3) is 0.0667. The zero-order chi connectivity index (χ0) is 31.4. The molecule has 4 N–H and O–H groups in total. The predicted octanol–water partition coefficient (Wildman–Crippen LogP) is 6.93. The Morgan fingerprint density at radius 3 is 1.52 bits per heavy atom. The minimum absolute atomic E-state index is 0.186. The van der Waals surface area contributed by atoms with E-state index in [0.29, 0.717) is 57.1 Å². The van der Waals surface area contributed by atoms with Gasteiger partial charge in [-0.2, -0.15) is 10.2 Å². The molecule has 6 rings (SSSR count). The van der Waals surface area contributed by atoms with Gasteiger partial charge in [-0.15, -0.1) is 0 Å². The van der Waals surface area contributed by atoms with Crippen molar-refractivity contribution >= 4 is 56.1 Å². The molecule has 0 fully saturated rings. The van der Waals surface area contributed by atoms with Crippen LogP contribution in [-0.2, 0) is 13.1 Å². The third kappa shape index (κ3) is 6.99. The van der Waals surface area contributed by atoms with Crippen LogP contribution in [0.4, 0.5) is 28.9 Å². The average Bonchev–Trinajstić information content (AvgIpc) is 3.02. The summed E-state index contributed by atoms with van der Waals surface area (Å²) in [5, 5.41) is 20.4. The predicted molar refractivity (Wildman–Crippen MR) is 162 cm³/mol. The zero-order valence-corrected chi connectivity index (χ0v) is 23.8. The molecular weight excluding hydrogens is 623 g/mol. The Morgan fingerprint density at radius 1 is 0.545 bits per heavy atom. The van der Waals surface area contributed by atoms with Crippen LogP contribution in [0.1, 0.15) is 11.1 Å². The number of benzene rings is 4. The molecule has 0 amide bonds. The number of hydrogen-bond acceptors (Lipinski definition) is 6. The second-order valence-electron chi connectivity index (χ2n) is 9.41. The Morgan fingerprint density at radius 2 is 1.00 bits per heavy atom. The molecule has 8 nitrogen and oxygen atoms in total.